The van der Waals surface area contributed by atoms with E-state index in [1.165, 1.54) is 0 Å². The molecule has 1 aromatic heterocycles. The fourth-order valence-electron chi connectivity index (χ4n) is 2.80. The van der Waals surface area contributed by atoms with Crippen molar-refractivity contribution in [1.29, 1.82) is 0 Å². The molecule has 0 unspecified atom stereocenters. The average Bonchev–Trinajstić information content (AvgIpc) is 2.53. The molecule has 0 spiro atoms. The van der Waals surface area contributed by atoms with E-state index in [0.29, 0.717) is 24.6 Å². The van der Waals surface area contributed by atoms with Crippen molar-refractivity contribution in [3.8, 4) is 0 Å². The lowest BCUT2D eigenvalue weighted by molar-refractivity contribution is -0.139. The molecule has 1 atom stereocenters. The van der Waals surface area contributed by atoms with Crippen molar-refractivity contribution < 1.29 is 9.90 Å². The van der Waals surface area contributed by atoms with Gasteiger partial charge in [-0.15, -0.1) is 0 Å². The number of carbonyl (C=O) groups is 1. The molecule has 0 saturated carbocycles. The molecule has 1 fully saturated rings. The molecule has 1 aromatic carbocycles. The normalized spacial score (nSPS) is 18.7. The van der Waals surface area contributed by atoms with Crippen LogP contribution >= 0.6 is 0 Å². The van der Waals surface area contributed by atoms with Gasteiger partial charge in [0.25, 0.3) is 0 Å². The molecule has 0 amide bonds. The quantitative estimate of drug-likeness (QED) is 0.899. The molecule has 1 aliphatic heterocycles. The third-order valence-corrected chi connectivity index (χ3v) is 3.85. The van der Waals surface area contributed by atoms with Gasteiger partial charge >= 0.3 is 5.97 Å². The van der Waals surface area contributed by atoms with E-state index in [1.54, 1.807) is 7.05 Å². The van der Waals surface area contributed by atoms with Crippen LogP contribution in [-0.2, 0) is 4.79 Å². The molecule has 1 saturated heterocycles. The summed E-state index contributed by atoms with van der Waals surface area (Å²) in [5.74, 6) is 0.455. The van der Waals surface area contributed by atoms with Crippen LogP contribution in [0.5, 0.6) is 0 Å². The second kappa shape index (κ2) is 5.55. The molecule has 2 N–H and O–H groups in total. The van der Waals surface area contributed by atoms with Gasteiger partial charge < -0.3 is 15.3 Å². The second-order valence-corrected chi connectivity index (χ2v) is 5.18. The van der Waals surface area contributed by atoms with E-state index in [4.69, 9.17) is 0 Å². The van der Waals surface area contributed by atoms with Gasteiger partial charge in [-0.2, -0.15) is 0 Å². The molecule has 0 aliphatic carbocycles. The Hall–Kier alpha value is -2.37. The highest BCUT2D eigenvalue weighted by Gasteiger charge is 2.31. The summed E-state index contributed by atoms with van der Waals surface area (Å²) < 4.78 is 0. The molecule has 2 aromatic rings. The average molecular weight is 286 g/mol. The molecule has 6 heteroatoms. The molecule has 110 valence electrons. The van der Waals surface area contributed by atoms with Gasteiger partial charge in [0, 0.05) is 13.6 Å². The number of benzene rings is 1. The fourth-order valence-corrected chi connectivity index (χ4v) is 2.80. The lowest BCUT2D eigenvalue weighted by Gasteiger charge is -2.34. The van der Waals surface area contributed by atoms with E-state index in [2.05, 4.69) is 15.3 Å². The lowest BCUT2D eigenvalue weighted by atomic mass is 10.0. The number of anilines is 2. The largest absolute Gasteiger partial charge is 0.480 e. The predicted octanol–water partition coefficient (Wildman–Crippen LogP) is 2.11. The fraction of sp³-hybridized carbons (Fsp3) is 0.400. The van der Waals surface area contributed by atoms with Crippen LogP contribution in [0.3, 0.4) is 0 Å². The van der Waals surface area contributed by atoms with E-state index < -0.39 is 12.0 Å². The number of aromatic nitrogens is 2. The minimum absolute atomic E-state index is 0.527. The summed E-state index contributed by atoms with van der Waals surface area (Å²) in [7, 11) is 1.78. The number of aliphatic carboxylic acids is 1. The number of nitrogens with one attached hydrogen (secondary N) is 1. The van der Waals surface area contributed by atoms with Gasteiger partial charge in [-0.25, -0.2) is 14.8 Å². The SMILES string of the molecule is CNc1nc2ccccc2nc1N1CCCC[C@@H]1C(=O)O. The Kier molecular flexibility index (Phi) is 3.60. The van der Waals surface area contributed by atoms with Gasteiger partial charge in [0.2, 0.25) is 0 Å². The molecule has 0 bridgehead atoms. The van der Waals surface area contributed by atoms with Crippen molar-refractivity contribution in [3.63, 3.8) is 0 Å². The highest BCUT2D eigenvalue weighted by Crippen LogP contribution is 2.30. The van der Waals surface area contributed by atoms with E-state index in [-0.39, 0.29) is 0 Å². The van der Waals surface area contributed by atoms with Crippen LogP contribution in [0.25, 0.3) is 11.0 Å². The van der Waals surface area contributed by atoms with Crippen molar-refractivity contribution in [3.05, 3.63) is 24.3 Å². The zero-order valence-corrected chi connectivity index (χ0v) is 11.9. The number of hydrogen-bond acceptors (Lipinski definition) is 5. The van der Waals surface area contributed by atoms with Gasteiger partial charge in [0.1, 0.15) is 6.04 Å². The topological polar surface area (TPSA) is 78.4 Å². The van der Waals surface area contributed by atoms with E-state index >= 15 is 0 Å². The first kappa shape index (κ1) is 13.6. The van der Waals surface area contributed by atoms with Crippen molar-refractivity contribution >= 4 is 28.6 Å². The van der Waals surface area contributed by atoms with E-state index in [9.17, 15) is 9.90 Å². The van der Waals surface area contributed by atoms with Crippen molar-refractivity contribution in [2.24, 2.45) is 0 Å². The number of hydrogen-bond donors (Lipinski definition) is 2. The molecule has 3 rings (SSSR count). The first-order chi connectivity index (χ1) is 10.2. The second-order valence-electron chi connectivity index (χ2n) is 5.18. The van der Waals surface area contributed by atoms with Gasteiger partial charge in [-0.1, -0.05) is 12.1 Å². The Balaban J connectivity index is 2.10. The van der Waals surface area contributed by atoms with Crippen LogP contribution in [-0.4, -0.2) is 40.7 Å². The number of rotatable bonds is 3. The summed E-state index contributed by atoms with van der Waals surface area (Å²) in [6.45, 7) is 0.693. The molecular weight excluding hydrogens is 268 g/mol. The van der Waals surface area contributed by atoms with Crippen molar-refractivity contribution in [2.45, 2.75) is 25.3 Å². The van der Waals surface area contributed by atoms with Crippen LogP contribution in [0.4, 0.5) is 11.6 Å². The summed E-state index contributed by atoms with van der Waals surface area (Å²) in [4.78, 5) is 22.5. The molecule has 6 nitrogen and oxygen atoms in total. The van der Waals surface area contributed by atoms with Gasteiger partial charge in [0.15, 0.2) is 11.6 Å². The zero-order valence-electron chi connectivity index (χ0n) is 11.9. The predicted molar refractivity (Wildman–Crippen MR) is 81.7 cm³/mol. The van der Waals surface area contributed by atoms with Crippen LogP contribution in [0.15, 0.2) is 24.3 Å². The maximum atomic E-state index is 11.5. The Bertz CT molecular complexity index is 674. The third-order valence-electron chi connectivity index (χ3n) is 3.85. The Morgan fingerprint density at radius 3 is 2.67 bits per heavy atom. The Morgan fingerprint density at radius 1 is 1.29 bits per heavy atom. The number of carboxylic acids is 1. The summed E-state index contributed by atoms with van der Waals surface area (Å²) in [6, 6.07) is 7.09. The number of nitrogens with zero attached hydrogens (tertiary/aromatic N) is 3. The summed E-state index contributed by atoms with van der Waals surface area (Å²) in [5.41, 5.74) is 1.58. The highest BCUT2D eigenvalue weighted by molar-refractivity contribution is 5.84. The number of para-hydroxylation sites is 2. The van der Waals surface area contributed by atoms with Gasteiger partial charge in [-0.05, 0) is 31.4 Å². The summed E-state index contributed by atoms with van der Waals surface area (Å²) >= 11 is 0. The van der Waals surface area contributed by atoms with E-state index in [0.717, 1.165) is 23.9 Å². The van der Waals surface area contributed by atoms with Crippen LogP contribution in [0.2, 0.25) is 0 Å². The van der Waals surface area contributed by atoms with Crippen molar-refractivity contribution in [2.75, 3.05) is 23.8 Å². The van der Waals surface area contributed by atoms with E-state index in [1.807, 2.05) is 29.2 Å². The molecular formula is C15H18N4O2. The summed E-state index contributed by atoms with van der Waals surface area (Å²) in [5, 5.41) is 12.5. The number of piperidine rings is 1. The minimum Gasteiger partial charge on any atom is -0.480 e. The number of carboxylic acid groups (broad SMARTS) is 1. The van der Waals surface area contributed by atoms with Crippen LogP contribution < -0.4 is 10.2 Å². The highest BCUT2D eigenvalue weighted by atomic mass is 16.4. The monoisotopic (exact) mass is 286 g/mol. The maximum absolute atomic E-state index is 11.5. The first-order valence-electron chi connectivity index (χ1n) is 7.14. The van der Waals surface area contributed by atoms with Crippen LogP contribution in [0, 0.1) is 0 Å². The third kappa shape index (κ3) is 2.49. The Morgan fingerprint density at radius 2 is 2.00 bits per heavy atom. The summed E-state index contributed by atoms with van der Waals surface area (Å²) in [6.07, 6.45) is 2.55. The first-order valence-corrected chi connectivity index (χ1v) is 7.14. The lowest BCUT2D eigenvalue weighted by Crippen LogP contribution is -2.45. The molecule has 21 heavy (non-hydrogen) atoms. The minimum atomic E-state index is -0.799. The molecule has 2 heterocycles. The Labute approximate surface area is 122 Å². The maximum Gasteiger partial charge on any atom is 0.326 e. The van der Waals surface area contributed by atoms with Crippen LogP contribution in [0.1, 0.15) is 19.3 Å². The smallest absolute Gasteiger partial charge is 0.326 e. The molecule has 1 aliphatic rings. The van der Waals surface area contributed by atoms with Gasteiger partial charge in [0.05, 0.1) is 11.0 Å². The van der Waals surface area contributed by atoms with Gasteiger partial charge in [-0.3, -0.25) is 0 Å². The number of fused-ring (bicyclic) bond motifs is 1. The standard InChI is InChI=1S/C15H18N4O2/c1-16-13-14(18-11-7-3-2-6-10(11)17-13)19-9-5-4-8-12(19)15(20)21/h2-3,6-7,12H,4-5,8-9H2,1H3,(H,16,17)(H,20,21)/t12-/m1/s1. The zero-order chi connectivity index (χ0) is 14.8. The van der Waals surface area contributed by atoms with Crippen molar-refractivity contribution in [1.82, 2.24) is 9.97 Å². The molecule has 0 radical (unpaired) electrons.